The summed E-state index contributed by atoms with van der Waals surface area (Å²) >= 11 is 0. The Kier molecular flexibility index (Phi) is 10.0. The quantitative estimate of drug-likeness (QED) is 0.314. The minimum Gasteiger partial charge on any atom is -0.493 e. The van der Waals surface area contributed by atoms with Crippen LogP contribution in [0.25, 0.3) is 0 Å². The molecule has 0 spiro atoms. The van der Waals surface area contributed by atoms with E-state index in [1.54, 1.807) is 7.05 Å². The lowest BCUT2D eigenvalue weighted by molar-refractivity contribution is 0.0491. The van der Waals surface area contributed by atoms with E-state index in [1.165, 1.54) is 0 Å². The molecule has 2 unspecified atom stereocenters. The molecule has 7 nitrogen and oxygen atoms in total. The van der Waals surface area contributed by atoms with Gasteiger partial charge in [0.2, 0.25) is 0 Å². The molecule has 0 bridgehead atoms. The minimum absolute atomic E-state index is 0. The Morgan fingerprint density at radius 3 is 2.62 bits per heavy atom. The van der Waals surface area contributed by atoms with E-state index in [0.717, 1.165) is 17.7 Å². The van der Waals surface area contributed by atoms with Crippen molar-refractivity contribution >= 4 is 36.0 Å². The fraction of sp³-hybridized carbons (Fsp3) is 0.619. The van der Waals surface area contributed by atoms with Crippen molar-refractivity contribution < 1.29 is 14.3 Å². The van der Waals surface area contributed by atoms with Crippen molar-refractivity contribution in [2.24, 2.45) is 10.9 Å². The van der Waals surface area contributed by atoms with Crippen molar-refractivity contribution in [2.75, 3.05) is 20.2 Å². The van der Waals surface area contributed by atoms with Gasteiger partial charge in [0.05, 0.1) is 18.7 Å². The van der Waals surface area contributed by atoms with E-state index in [0.29, 0.717) is 19.1 Å². The first kappa shape index (κ1) is 25.3. The zero-order valence-corrected chi connectivity index (χ0v) is 20.6. The Bertz CT molecular complexity index is 689. The number of halogens is 1. The maximum atomic E-state index is 12.1. The predicted octanol–water partition coefficient (Wildman–Crippen LogP) is 3.84. The molecule has 8 heteroatoms. The number of rotatable bonds is 5. The van der Waals surface area contributed by atoms with E-state index in [2.05, 4.69) is 40.9 Å². The Morgan fingerprint density at radius 2 is 2.00 bits per heavy atom. The van der Waals surface area contributed by atoms with E-state index < -0.39 is 11.7 Å². The van der Waals surface area contributed by atoms with Crippen LogP contribution in [0.5, 0.6) is 5.75 Å². The van der Waals surface area contributed by atoms with Gasteiger partial charge in [-0.1, -0.05) is 32.0 Å². The second-order valence-electron chi connectivity index (χ2n) is 8.32. The highest BCUT2D eigenvalue weighted by atomic mass is 127. The monoisotopic (exact) mass is 518 g/mol. The number of hydrogen-bond donors (Lipinski definition) is 3. The van der Waals surface area contributed by atoms with E-state index in [9.17, 15) is 4.79 Å². The number of carbonyl (C=O) groups is 1. The molecule has 2 rings (SSSR count). The zero-order chi connectivity index (χ0) is 20.7. The lowest BCUT2D eigenvalue weighted by atomic mass is 10.0. The first-order chi connectivity index (χ1) is 13.2. The van der Waals surface area contributed by atoms with Gasteiger partial charge in [0.15, 0.2) is 5.96 Å². The number of ether oxygens (including phenoxy) is 2. The molecule has 0 saturated carbocycles. The van der Waals surface area contributed by atoms with Gasteiger partial charge in [0.25, 0.3) is 0 Å². The number of fused-ring (bicyclic) bond motifs is 1. The number of alkyl carbamates (subject to hydrolysis) is 1. The average molecular weight is 518 g/mol. The molecule has 3 N–H and O–H groups in total. The summed E-state index contributed by atoms with van der Waals surface area (Å²) in [7, 11) is 1.74. The van der Waals surface area contributed by atoms with Gasteiger partial charge in [-0.15, -0.1) is 24.0 Å². The predicted molar refractivity (Wildman–Crippen MR) is 127 cm³/mol. The van der Waals surface area contributed by atoms with Crippen LogP contribution in [0.1, 0.15) is 52.6 Å². The number of para-hydroxylation sites is 1. The van der Waals surface area contributed by atoms with Crippen LogP contribution in [-0.4, -0.2) is 43.9 Å². The molecule has 2 atom stereocenters. The van der Waals surface area contributed by atoms with Crippen molar-refractivity contribution in [1.82, 2.24) is 16.0 Å². The van der Waals surface area contributed by atoms with Gasteiger partial charge in [-0.05, 0) is 32.8 Å². The van der Waals surface area contributed by atoms with Crippen LogP contribution in [0, 0.1) is 5.92 Å². The third kappa shape index (κ3) is 8.28. The average Bonchev–Trinajstić information content (AvgIpc) is 2.62. The lowest BCUT2D eigenvalue weighted by Gasteiger charge is -2.29. The summed E-state index contributed by atoms with van der Waals surface area (Å²) < 4.78 is 11.1. The fourth-order valence-corrected chi connectivity index (χ4v) is 2.97. The van der Waals surface area contributed by atoms with Crippen molar-refractivity contribution in [1.29, 1.82) is 0 Å². The van der Waals surface area contributed by atoms with Crippen molar-refractivity contribution in [3.05, 3.63) is 29.8 Å². The summed E-state index contributed by atoms with van der Waals surface area (Å²) in [4.78, 5) is 16.5. The van der Waals surface area contributed by atoms with Crippen molar-refractivity contribution in [3.8, 4) is 5.75 Å². The number of amides is 1. The largest absolute Gasteiger partial charge is 0.493 e. The molecule has 0 aliphatic carbocycles. The van der Waals surface area contributed by atoms with Crippen LogP contribution in [0.4, 0.5) is 4.79 Å². The summed E-state index contributed by atoms with van der Waals surface area (Å²) in [6, 6.07) is 8.09. The highest BCUT2D eigenvalue weighted by Crippen LogP contribution is 2.31. The van der Waals surface area contributed by atoms with Crippen LogP contribution in [-0.2, 0) is 4.74 Å². The smallest absolute Gasteiger partial charge is 0.407 e. The van der Waals surface area contributed by atoms with Gasteiger partial charge in [-0.2, -0.15) is 0 Å². The normalized spacial score (nSPS) is 17.3. The molecular weight excluding hydrogens is 483 g/mol. The minimum atomic E-state index is -0.521. The van der Waals surface area contributed by atoms with Gasteiger partial charge in [-0.25, -0.2) is 4.79 Å². The molecule has 1 aromatic carbocycles. The summed E-state index contributed by atoms with van der Waals surface area (Å²) in [5.74, 6) is 1.84. The van der Waals surface area contributed by atoms with E-state index in [-0.39, 0.29) is 42.0 Å². The van der Waals surface area contributed by atoms with Crippen LogP contribution in [0.15, 0.2) is 29.3 Å². The molecular formula is C21H35IN4O3. The maximum absolute atomic E-state index is 12.1. The Morgan fingerprint density at radius 1 is 1.31 bits per heavy atom. The maximum Gasteiger partial charge on any atom is 0.407 e. The van der Waals surface area contributed by atoms with Crippen molar-refractivity contribution in [3.63, 3.8) is 0 Å². The molecule has 1 heterocycles. The highest BCUT2D eigenvalue weighted by Gasteiger charge is 2.24. The van der Waals surface area contributed by atoms with E-state index in [4.69, 9.17) is 9.47 Å². The van der Waals surface area contributed by atoms with Crippen LogP contribution in [0.2, 0.25) is 0 Å². The SMILES string of the molecule is CN=C(NCC(NC(=O)OC(C)(C)C)C(C)C)NC1CCOc2ccccc21.I. The topological polar surface area (TPSA) is 84.0 Å². The lowest BCUT2D eigenvalue weighted by Crippen LogP contribution is -2.50. The van der Waals surface area contributed by atoms with Crippen LogP contribution < -0.4 is 20.7 Å². The number of guanidine groups is 1. The molecule has 0 fully saturated rings. The summed E-state index contributed by atoms with van der Waals surface area (Å²) in [5, 5.41) is 9.73. The first-order valence-corrected chi connectivity index (χ1v) is 9.88. The second-order valence-corrected chi connectivity index (χ2v) is 8.32. The third-order valence-corrected chi connectivity index (χ3v) is 4.49. The van der Waals surface area contributed by atoms with Crippen LogP contribution >= 0.6 is 24.0 Å². The first-order valence-electron chi connectivity index (χ1n) is 9.88. The number of nitrogens with zero attached hydrogens (tertiary/aromatic N) is 1. The Balaban J connectivity index is 0.00000420. The summed E-state index contributed by atoms with van der Waals surface area (Å²) in [5.41, 5.74) is 0.608. The van der Waals surface area contributed by atoms with E-state index >= 15 is 0 Å². The van der Waals surface area contributed by atoms with Gasteiger partial charge < -0.3 is 25.4 Å². The van der Waals surface area contributed by atoms with Gasteiger partial charge in [-0.3, -0.25) is 4.99 Å². The second kappa shape index (κ2) is 11.5. The van der Waals surface area contributed by atoms with Gasteiger partial charge >= 0.3 is 6.09 Å². The van der Waals surface area contributed by atoms with Crippen molar-refractivity contribution in [2.45, 2.75) is 58.7 Å². The molecule has 1 aromatic rings. The zero-order valence-electron chi connectivity index (χ0n) is 18.2. The third-order valence-electron chi connectivity index (χ3n) is 4.49. The standard InChI is InChI=1S/C21H34N4O3.HI/c1-14(2)17(25-20(26)28-21(3,4)5)13-23-19(22-6)24-16-11-12-27-18-10-8-7-9-15(16)18;/h7-10,14,16-17H,11-13H2,1-6H3,(H,25,26)(H2,22,23,24);1H. The molecule has 1 amide bonds. The number of hydrogen-bond acceptors (Lipinski definition) is 4. The summed E-state index contributed by atoms with van der Waals surface area (Å²) in [6.07, 6.45) is 0.455. The Labute approximate surface area is 191 Å². The fourth-order valence-electron chi connectivity index (χ4n) is 2.97. The molecule has 29 heavy (non-hydrogen) atoms. The number of aliphatic imine (C=N–C) groups is 1. The highest BCUT2D eigenvalue weighted by molar-refractivity contribution is 14.0. The molecule has 1 aliphatic heterocycles. The van der Waals surface area contributed by atoms with Gasteiger partial charge in [0.1, 0.15) is 11.4 Å². The molecule has 1 aliphatic rings. The number of benzene rings is 1. The van der Waals surface area contributed by atoms with E-state index in [1.807, 2.05) is 39.0 Å². The van der Waals surface area contributed by atoms with Crippen LogP contribution in [0.3, 0.4) is 0 Å². The summed E-state index contributed by atoms with van der Waals surface area (Å²) in [6.45, 7) is 10.9. The number of nitrogens with one attached hydrogen (secondary N) is 3. The Hall–Kier alpha value is -1.71. The molecule has 0 saturated heterocycles. The molecule has 164 valence electrons. The number of carbonyl (C=O) groups excluding carboxylic acids is 1. The molecule has 0 radical (unpaired) electrons. The van der Waals surface area contributed by atoms with Gasteiger partial charge in [0, 0.05) is 25.6 Å². The molecule has 0 aromatic heterocycles.